The zero-order valence-corrected chi connectivity index (χ0v) is 6.04. The van der Waals surface area contributed by atoms with Crippen molar-refractivity contribution in [3.8, 4) is 0 Å². The Morgan fingerprint density at radius 3 is 3.40 bits per heavy atom. The van der Waals surface area contributed by atoms with Gasteiger partial charge >= 0.3 is 0 Å². The fraction of sp³-hybridized carbons (Fsp3) is 0.857. The van der Waals surface area contributed by atoms with E-state index in [0.29, 0.717) is 12.0 Å². The molecule has 0 amide bonds. The highest BCUT2D eigenvalue weighted by atomic mass is 16.6. The minimum Gasteiger partial charge on any atom is -0.395 e. The van der Waals surface area contributed by atoms with Crippen LogP contribution in [0.15, 0.2) is 5.16 Å². The molecule has 10 heavy (non-hydrogen) atoms. The van der Waals surface area contributed by atoms with Crippen molar-refractivity contribution in [2.45, 2.75) is 18.9 Å². The predicted octanol–water partition coefficient (Wildman–Crippen LogP) is 0.798. The third-order valence-electron chi connectivity index (χ3n) is 2.30. The lowest BCUT2D eigenvalue weighted by Crippen LogP contribution is -2.21. The molecule has 0 radical (unpaired) electrons. The largest absolute Gasteiger partial charge is 0.395 e. The highest BCUT2D eigenvalue weighted by Crippen LogP contribution is 2.29. The lowest BCUT2D eigenvalue weighted by molar-refractivity contribution is 0.0494. The highest BCUT2D eigenvalue weighted by molar-refractivity contribution is 5.89. The lowest BCUT2D eigenvalue weighted by atomic mass is 10.1. The maximum absolute atomic E-state index is 5.26. The van der Waals surface area contributed by atoms with Gasteiger partial charge in [0.25, 0.3) is 0 Å². The van der Waals surface area contributed by atoms with Gasteiger partial charge in [-0.15, -0.1) is 0 Å². The zero-order chi connectivity index (χ0) is 6.97. The number of rotatable bonds is 1. The molecule has 0 aromatic heterocycles. The summed E-state index contributed by atoms with van der Waals surface area (Å²) in [7, 11) is 1.76. The average molecular weight is 141 g/mol. The first-order chi connectivity index (χ1) is 4.92. The summed E-state index contributed by atoms with van der Waals surface area (Å²) in [5.41, 5.74) is 1.20. The summed E-state index contributed by atoms with van der Waals surface area (Å²) in [5, 5.41) is 3.93. The highest BCUT2D eigenvalue weighted by Gasteiger charge is 2.37. The fourth-order valence-electron chi connectivity index (χ4n) is 1.69. The van der Waals surface area contributed by atoms with E-state index in [1.807, 2.05) is 0 Å². The normalized spacial score (nSPS) is 37.1. The molecule has 0 spiro atoms. The molecule has 0 aromatic carbocycles. The van der Waals surface area contributed by atoms with E-state index in [1.165, 1.54) is 5.71 Å². The Hall–Kier alpha value is -0.570. The van der Waals surface area contributed by atoms with Crippen molar-refractivity contribution in [3.63, 3.8) is 0 Å². The summed E-state index contributed by atoms with van der Waals surface area (Å²) in [6.45, 7) is 0.730. The van der Waals surface area contributed by atoms with Crippen molar-refractivity contribution in [1.82, 2.24) is 0 Å². The van der Waals surface area contributed by atoms with Crippen LogP contribution in [-0.4, -0.2) is 25.5 Å². The minimum atomic E-state index is 0.362. The van der Waals surface area contributed by atoms with Crippen molar-refractivity contribution in [3.05, 3.63) is 0 Å². The molecule has 0 saturated heterocycles. The van der Waals surface area contributed by atoms with E-state index in [0.717, 1.165) is 19.4 Å². The summed E-state index contributed by atoms with van der Waals surface area (Å²) >= 11 is 0. The van der Waals surface area contributed by atoms with Crippen molar-refractivity contribution in [2.24, 2.45) is 11.1 Å². The second kappa shape index (κ2) is 2.23. The molecule has 1 saturated carbocycles. The van der Waals surface area contributed by atoms with Gasteiger partial charge in [-0.2, -0.15) is 0 Å². The predicted molar refractivity (Wildman–Crippen MR) is 36.9 cm³/mol. The zero-order valence-electron chi connectivity index (χ0n) is 6.04. The van der Waals surface area contributed by atoms with Gasteiger partial charge in [0.15, 0.2) is 0 Å². The van der Waals surface area contributed by atoms with Gasteiger partial charge in [-0.1, -0.05) is 5.16 Å². The summed E-state index contributed by atoms with van der Waals surface area (Å²) in [5.74, 6) is 0.463. The van der Waals surface area contributed by atoms with Crippen molar-refractivity contribution < 1.29 is 9.57 Å². The molecule has 1 fully saturated rings. The van der Waals surface area contributed by atoms with Crippen molar-refractivity contribution in [1.29, 1.82) is 0 Å². The van der Waals surface area contributed by atoms with E-state index in [2.05, 4.69) is 5.16 Å². The molecule has 2 aliphatic rings. The topological polar surface area (TPSA) is 30.8 Å². The Bertz CT molecular complexity index is 167. The number of oxime groups is 1. The molecule has 1 unspecified atom stereocenters. The van der Waals surface area contributed by atoms with Gasteiger partial charge in [-0.25, -0.2) is 0 Å². The van der Waals surface area contributed by atoms with Gasteiger partial charge in [-0.3, -0.25) is 0 Å². The molecule has 1 heterocycles. The Kier molecular flexibility index (Phi) is 1.38. The van der Waals surface area contributed by atoms with Crippen LogP contribution >= 0.6 is 0 Å². The molecule has 0 aromatic rings. The Morgan fingerprint density at radius 2 is 2.60 bits per heavy atom. The Morgan fingerprint density at radius 1 is 1.70 bits per heavy atom. The molecular formula is C7H11NO2. The second-order valence-corrected chi connectivity index (χ2v) is 2.80. The van der Waals surface area contributed by atoms with Gasteiger partial charge < -0.3 is 9.57 Å². The lowest BCUT2D eigenvalue weighted by Gasteiger charge is -2.11. The van der Waals surface area contributed by atoms with Crippen LogP contribution in [0.4, 0.5) is 0 Å². The molecule has 56 valence electrons. The van der Waals surface area contributed by atoms with E-state index >= 15 is 0 Å². The summed E-state index contributed by atoms with van der Waals surface area (Å²) in [4.78, 5) is 4.95. The summed E-state index contributed by atoms with van der Waals surface area (Å²) in [6, 6.07) is 0. The standard InChI is InChI=1S/C7H11NO2/c1-9-7-3-2-6-5(7)4-10-8-6/h5,7H,2-4H2,1H3/t5-,7?/m0/s1. The van der Waals surface area contributed by atoms with E-state index in [9.17, 15) is 0 Å². The van der Waals surface area contributed by atoms with Gasteiger partial charge in [0.05, 0.1) is 17.7 Å². The summed E-state index contributed by atoms with van der Waals surface area (Å²) < 4.78 is 5.26. The number of hydrogen-bond acceptors (Lipinski definition) is 3. The third kappa shape index (κ3) is 0.736. The van der Waals surface area contributed by atoms with Crippen LogP contribution < -0.4 is 0 Å². The van der Waals surface area contributed by atoms with E-state index in [4.69, 9.17) is 9.57 Å². The molecule has 3 heteroatoms. The molecule has 2 atom stereocenters. The number of methoxy groups -OCH3 is 1. The Balaban J connectivity index is 2.11. The molecular weight excluding hydrogens is 130 g/mol. The van der Waals surface area contributed by atoms with Gasteiger partial charge in [0, 0.05) is 7.11 Å². The number of nitrogens with zero attached hydrogens (tertiary/aromatic N) is 1. The maximum Gasteiger partial charge on any atom is 0.127 e. The van der Waals surface area contributed by atoms with E-state index in [1.54, 1.807) is 7.11 Å². The molecule has 3 nitrogen and oxygen atoms in total. The van der Waals surface area contributed by atoms with E-state index in [-0.39, 0.29) is 0 Å². The molecule has 1 aliphatic heterocycles. The van der Waals surface area contributed by atoms with Crippen LogP contribution in [0.2, 0.25) is 0 Å². The smallest absolute Gasteiger partial charge is 0.127 e. The third-order valence-corrected chi connectivity index (χ3v) is 2.30. The number of ether oxygens (including phenoxy) is 1. The molecule has 0 bridgehead atoms. The van der Waals surface area contributed by atoms with Gasteiger partial charge in [0.2, 0.25) is 0 Å². The first kappa shape index (κ1) is 6.16. The second-order valence-electron chi connectivity index (χ2n) is 2.80. The minimum absolute atomic E-state index is 0.362. The van der Waals surface area contributed by atoms with Gasteiger partial charge in [0.1, 0.15) is 6.61 Å². The van der Waals surface area contributed by atoms with Crippen LogP contribution in [0.25, 0.3) is 0 Å². The number of hydrogen-bond donors (Lipinski definition) is 0. The first-order valence-electron chi connectivity index (χ1n) is 3.63. The van der Waals surface area contributed by atoms with Crippen LogP contribution in [-0.2, 0) is 9.57 Å². The first-order valence-corrected chi connectivity index (χ1v) is 3.63. The van der Waals surface area contributed by atoms with Gasteiger partial charge in [-0.05, 0) is 12.8 Å². The molecule has 1 aliphatic carbocycles. The van der Waals surface area contributed by atoms with Crippen LogP contribution in [0.5, 0.6) is 0 Å². The quantitative estimate of drug-likeness (QED) is 0.540. The van der Waals surface area contributed by atoms with Crippen LogP contribution in [0, 0.1) is 5.92 Å². The average Bonchev–Trinajstić information content (AvgIpc) is 2.44. The Labute approximate surface area is 60.0 Å². The fourth-order valence-corrected chi connectivity index (χ4v) is 1.69. The SMILES string of the molecule is COC1CCC2=NOC[C@@H]21. The van der Waals surface area contributed by atoms with Crippen LogP contribution in [0.3, 0.4) is 0 Å². The maximum atomic E-state index is 5.26. The van der Waals surface area contributed by atoms with Crippen LogP contribution in [0.1, 0.15) is 12.8 Å². The molecule has 2 rings (SSSR count). The monoisotopic (exact) mass is 141 g/mol. The van der Waals surface area contributed by atoms with E-state index < -0.39 is 0 Å². The number of fused-ring (bicyclic) bond motifs is 1. The molecule has 0 N–H and O–H groups in total. The van der Waals surface area contributed by atoms with Crippen molar-refractivity contribution >= 4 is 5.71 Å². The van der Waals surface area contributed by atoms with Crippen molar-refractivity contribution in [2.75, 3.05) is 13.7 Å². The summed E-state index contributed by atoms with van der Waals surface area (Å²) in [6.07, 6.45) is 2.54.